The van der Waals surface area contributed by atoms with Crippen LogP contribution in [0.1, 0.15) is 32.1 Å². The normalized spacial score (nSPS) is 39.3. The molecule has 3 aliphatic rings. The number of hydrogen-bond donors (Lipinski definition) is 0. The lowest BCUT2D eigenvalue weighted by Gasteiger charge is -2.48. The molecule has 3 rings (SSSR count). The van der Waals surface area contributed by atoms with Crippen LogP contribution in [-0.2, 0) is 9.53 Å². The summed E-state index contributed by atoms with van der Waals surface area (Å²) in [4.78, 5) is 11.7. The maximum absolute atomic E-state index is 11.7. The van der Waals surface area contributed by atoms with Gasteiger partial charge in [-0.1, -0.05) is 0 Å². The molecule has 0 aromatic carbocycles. The van der Waals surface area contributed by atoms with Gasteiger partial charge in [0.05, 0.1) is 11.4 Å². The number of carbonyl (C=O) groups is 1. The second-order valence-electron chi connectivity index (χ2n) is 5.23. The molecule has 1 spiro atoms. The molecule has 0 radical (unpaired) electrons. The molecule has 1 aliphatic carbocycles. The molecule has 2 saturated heterocycles. The Morgan fingerprint density at radius 1 is 1.40 bits per heavy atom. The van der Waals surface area contributed by atoms with Crippen molar-refractivity contribution in [3.63, 3.8) is 0 Å². The zero-order valence-corrected chi connectivity index (χ0v) is 9.85. The largest absolute Gasteiger partial charge is 0.375 e. The van der Waals surface area contributed by atoms with E-state index in [1.54, 1.807) is 0 Å². The summed E-state index contributed by atoms with van der Waals surface area (Å²) in [6, 6.07) is 0. The Bertz CT molecular complexity index is 273. The highest BCUT2D eigenvalue weighted by molar-refractivity contribution is 8.00. The molecule has 0 bridgehead atoms. The van der Waals surface area contributed by atoms with Crippen molar-refractivity contribution in [2.75, 3.05) is 18.1 Å². The van der Waals surface area contributed by atoms with Gasteiger partial charge in [0.15, 0.2) is 0 Å². The summed E-state index contributed by atoms with van der Waals surface area (Å²) in [6.45, 7) is 0.888. The third-order valence-corrected chi connectivity index (χ3v) is 5.40. The second-order valence-corrected chi connectivity index (χ2v) is 6.26. The van der Waals surface area contributed by atoms with Crippen LogP contribution in [0, 0.1) is 11.8 Å². The van der Waals surface area contributed by atoms with Crippen LogP contribution >= 0.6 is 11.8 Å². The van der Waals surface area contributed by atoms with E-state index >= 15 is 0 Å². The van der Waals surface area contributed by atoms with E-state index in [-0.39, 0.29) is 5.60 Å². The topological polar surface area (TPSA) is 26.3 Å². The summed E-state index contributed by atoms with van der Waals surface area (Å²) in [5, 5.41) is 0. The maximum Gasteiger partial charge on any atom is 0.146 e. The number of Topliss-reactive ketones (excluding diaryl/α,β-unsaturated/α-hetero) is 1. The Morgan fingerprint density at radius 3 is 2.87 bits per heavy atom. The summed E-state index contributed by atoms with van der Waals surface area (Å²) in [5.74, 6) is 3.31. The molecule has 2 aliphatic heterocycles. The Hall–Kier alpha value is -0.0200. The highest BCUT2D eigenvalue weighted by Gasteiger charge is 2.46. The van der Waals surface area contributed by atoms with Gasteiger partial charge in [0.2, 0.25) is 0 Å². The molecule has 2 nitrogen and oxygen atoms in total. The molecular weight excluding hydrogens is 208 g/mol. The van der Waals surface area contributed by atoms with E-state index in [0.717, 1.165) is 31.0 Å². The molecule has 1 saturated carbocycles. The van der Waals surface area contributed by atoms with Crippen molar-refractivity contribution in [2.45, 2.75) is 37.7 Å². The third-order valence-electron chi connectivity index (χ3n) is 4.32. The van der Waals surface area contributed by atoms with Gasteiger partial charge in [0.1, 0.15) is 5.78 Å². The Balaban J connectivity index is 1.68. The summed E-state index contributed by atoms with van der Waals surface area (Å²) in [6.07, 6.45) is 6.05. The summed E-state index contributed by atoms with van der Waals surface area (Å²) < 4.78 is 5.91. The average molecular weight is 226 g/mol. The van der Waals surface area contributed by atoms with E-state index in [2.05, 4.69) is 0 Å². The number of rotatable bonds is 1. The van der Waals surface area contributed by atoms with Crippen molar-refractivity contribution < 1.29 is 9.53 Å². The van der Waals surface area contributed by atoms with Crippen molar-refractivity contribution in [1.82, 2.24) is 0 Å². The summed E-state index contributed by atoms with van der Waals surface area (Å²) in [5.41, 5.74) is 0.205. The molecule has 15 heavy (non-hydrogen) atoms. The highest BCUT2D eigenvalue weighted by atomic mass is 32.2. The van der Waals surface area contributed by atoms with Crippen LogP contribution in [0.15, 0.2) is 0 Å². The molecule has 2 atom stereocenters. The maximum atomic E-state index is 11.7. The van der Waals surface area contributed by atoms with Crippen LogP contribution in [0.3, 0.4) is 0 Å². The lowest BCUT2D eigenvalue weighted by molar-refractivity contribution is -0.152. The summed E-state index contributed by atoms with van der Waals surface area (Å²) in [7, 11) is 0. The first-order chi connectivity index (χ1) is 7.29. The fraction of sp³-hybridized carbons (Fsp3) is 0.917. The van der Waals surface area contributed by atoms with Crippen LogP contribution in [0.5, 0.6) is 0 Å². The summed E-state index contributed by atoms with van der Waals surface area (Å²) >= 11 is 1.82. The van der Waals surface area contributed by atoms with E-state index in [4.69, 9.17) is 4.74 Å². The Labute approximate surface area is 95.1 Å². The van der Waals surface area contributed by atoms with Crippen molar-refractivity contribution in [3.8, 4) is 0 Å². The molecule has 0 amide bonds. The fourth-order valence-electron chi connectivity index (χ4n) is 3.21. The molecule has 0 aromatic rings. The van der Waals surface area contributed by atoms with Crippen LogP contribution in [0.4, 0.5) is 0 Å². The van der Waals surface area contributed by atoms with Crippen molar-refractivity contribution in [2.24, 2.45) is 11.8 Å². The van der Waals surface area contributed by atoms with E-state index in [1.165, 1.54) is 19.3 Å². The van der Waals surface area contributed by atoms with E-state index in [9.17, 15) is 4.79 Å². The first-order valence-electron chi connectivity index (χ1n) is 6.04. The van der Waals surface area contributed by atoms with Gasteiger partial charge in [-0.3, -0.25) is 4.79 Å². The van der Waals surface area contributed by atoms with Gasteiger partial charge in [-0.2, -0.15) is 11.8 Å². The number of thioether (sulfide) groups is 1. The van der Waals surface area contributed by atoms with Gasteiger partial charge >= 0.3 is 0 Å². The first-order valence-corrected chi connectivity index (χ1v) is 7.19. The molecule has 2 unspecified atom stereocenters. The van der Waals surface area contributed by atoms with Crippen LogP contribution in [-0.4, -0.2) is 29.5 Å². The molecular formula is C12H18O2S. The third kappa shape index (κ3) is 1.74. The molecule has 3 heteroatoms. The number of ketones is 1. The van der Waals surface area contributed by atoms with Crippen LogP contribution < -0.4 is 0 Å². The Kier molecular flexibility index (Phi) is 2.56. The fourth-order valence-corrected chi connectivity index (χ4v) is 4.46. The molecule has 2 heterocycles. The number of carbonyl (C=O) groups excluding carboxylic acids is 1. The lowest BCUT2D eigenvalue weighted by Crippen LogP contribution is -2.47. The molecule has 3 fully saturated rings. The minimum absolute atomic E-state index is 0.205. The predicted molar refractivity (Wildman–Crippen MR) is 61.1 cm³/mol. The minimum atomic E-state index is 0.205. The lowest BCUT2D eigenvalue weighted by atomic mass is 9.69. The molecule has 84 valence electrons. The zero-order valence-electron chi connectivity index (χ0n) is 9.04. The smallest absolute Gasteiger partial charge is 0.146 e. The van der Waals surface area contributed by atoms with Crippen LogP contribution in [0.2, 0.25) is 0 Å². The monoisotopic (exact) mass is 226 g/mol. The average Bonchev–Trinajstić information content (AvgIpc) is 2.62. The van der Waals surface area contributed by atoms with Crippen molar-refractivity contribution >= 4 is 17.5 Å². The second kappa shape index (κ2) is 3.77. The quantitative estimate of drug-likeness (QED) is 0.686. The molecule has 0 N–H and O–H groups in total. The minimum Gasteiger partial charge on any atom is -0.375 e. The van der Waals surface area contributed by atoms with Gasteiger partial charge < -0.3 is 4.74 Å². The first kappa shape index (κ1) is 10.2. The van der Waals surface area contributed by atoms with Crippen LogP contribution in [0.25, 0.3) is 0 Å². The number of ether oxygens (including phenoxy) is 1. The number of hydrogen-bond acceptors (Lipinski definition) is 3. The van der Waals surface area contributed by atoms with E-state index < -0.39 is 0 Å². The standard InChI is InChI=1S/C12H18O2S/c13-11-8-15-7-10(11)9-2-5-14-12(6-9)3-1-4-12/h9-10H,1-8H2. The SMILES string of the molecule is O=C1CSCC1C1CCOC2(CCC2)C1. The van der Waals surface area contributed by atoms with Gasteiger partial charge in [-0.25, -0.2) is 0 Å². The van der Waals surface area contributed by atoms with Gasteiger partial charge in [0, 0.05) is 18.3 Å². The predicted octanol–water partition coefficient (Wildman–Crippen LogP) is 2.27. The van der Waals surface area contributed by atoms with Gasteiger partial charge in [-0.05, 0) is 38.0 Å². The zero-order chi connectivity index (χ0) is 10.3. The molecule has 0 aromatic heterocycles. The van der Waals surface area contributed by atoms with E-state index in [1.807, 2.05) is 11.8 Å². The Morgan fingerprint density at radius 2 is 2.27 bits per heavy atom. The van der Waals surface area contributed by atoms with Crippen molar-refractivity contribution in [1.29, 1.82) is 0 Å². The van der Waals surface area contributed by atoms with Crippen molar-refractivity contribution in [3.05, 3.63) is 0 Å². The highest BCUT2D eigenvalue weighted by Crippen LogP contribution is 2.47. The van der Waals surface area contributed by atoms with E-state index in [0.29, 0.717) is 17.6 Å². The van der Waals surface area contributed by atoms with Gasteiger partial charge in [0.25, 0.3) is 0 Å². The van der Waals surface area contributed by atoms with Gasteiger partial charge in [-0.15, -0.1) is 0 Å².